The third kappa shape index (κ3) is 6.48. The molecule has 2 rings (SSSR count). The summed E-state index contributed by atoms with van der Waals surface area (Å²) in [4.78, 5) is 52.5. The molecule has 0 bridgehead atoms. The number of amides is 1. The van der Waals surface area contributed by atoms with Crippen LogP contribution in [0.4, 0.5) is 0 Å². The first-order valence-corrected chi connectivity index (χ1v) is 9.02. The number of aliphatic hydroxyl groups is 1. The monoisotopic (exact) mass is 395 g/mol. The van der Waals surface area contributed by atoms with E-state index in [4.69, 9.17) is 19.6 Å². The van der Waals surface area contributed by atoms with Gasteiger partial charge in [0.25, 0.3) is 5.56 Å². The Kier molecular flexibility index (Phi) is 7.87. The van der Waals surface area contributed by atoms with Crippen LogP contribution in [0, 0.1) is 6.92 Å². The molecule has 0 aromatic carbocycles. The van der Waals surface area contributed by atoms with E-state index in [1.807, 2.05) is 0 Å². The number of carbonyl (C=O) groups is 1. The van der Waals surface area contributed by atoms with Gasteiger partial charge in [0.2, 0.25) is 5.91 Å². The minimum atomic E-state index is -4.75. The minimum absolute atomic E-state index is 0.00463. The molecule has 5 N–H and O–H groups in total. The summed E-state index contributed by atoms with van der Waals surface area (Å²) < 4.78 is 21.9. The predicted octanol–water partition coefficient (Wildman–Crippen LogP) is -1.64. The number of H-pyrrole nitrogens is 1. The molecule has 12 nitrogen and oxygen atoms in total. The number of nitrogens with one attached hydrogen (secondary N) is 2. The van der Waals surface area contributed by atoms with E-state index >= 15 is 0 Å². The molecule has 1 fully saturated rings. The average Bonchev–Trinajstić information content (AvgIpc) is 2.92. The normalized spacial score (nSPS) is 22.5. The Labute approximate surface area is 148 Å². The molecule has 13 heteroatoms. The van der Waals surface area contributed by atoms with Gasteiger partial charge in [0.15, 0.2) is 0 Å². The first-order valence-electron chi connectivity index (χ1n) is 7.49. The van der Waals surface area contributed by atoms with Crippen LogP contribution >= 0.6 is 7.82 Å². The van der Waals surface area contributed by atoms with Gasteiger partial charge < -0.3 is 24.9 Å². The largest absolute Gasteiger partial charge is 0.469 e. The quantitative estimate of drug-likeness (QED) is 0.373. The Morgan fingerprint density at radius 3 is 2.54 bits per heavy atom. The molecule has 0 radical (unpaired) electrons. The standard InChI is InChI=1S/C10H15N2O8P.C3H7NO/c1-5-3-12(10(15)11-9(5)14)8-2-6(7(4-13)19-8)20-21(16,17)18;1-3(5)4-2/h3,6-8,13H,2,4H2,1H3,(H,11,14,15)(H2,16,17,18);1-2H3,(H,4,5)/t6-,7+,8+;/m0./s1. The second-order valence-corrected chi connectivity index (χ2v) is 6.66. The van der Waals surface area contributed by atoms with Crippen molar-refractivity contribution in [2.75, 3.05) is 13.7 Å². The lowest BCUT2D eigenvalue weighted by Gasteiger charge is -2.16. The molecule has 0 unspecified atom stereocenters. The molecule has 3 atom stereocenters. The van der Waals surface area contributed by atoms with Gasteiger partial charge in [-0.15, -0.1) is 0 Å². The minimum Gasteiger partial charge on any atom is -0.394 e. The van der Waals surface area contributed by atoms with Crippen molar-refractivity contribution in [3.8, 4) is 0 Å². The summed E-state index contributed by atoms with van der Waals surface area (Å²) in [5, 5.41) is 11.6. The lowest BCUT2D eigenvalue weighted by atomic mass is 10.2. The summed E-state index contributed by atoms with van der Waals surface area (Å²) in [6, 6.07) is 0. The van der Waals surface area contributed by atoms with Crippen LogP contribution in [0.25, 0.3) is 0 Å². The van der Waals surface area contributed by atoms with Gasteiger partial charge in [-0.1, -0.05) is 0 Å². The summed E-state index contributed by atoms with van der Waals surface area (Å²) in [7, 11) is -3.15. The molecular weight excluding hydrogens is 373 g/mol. The molecule has 1 amide bonds. The van der Waals surface area contributed by atoms with Crippen LogP contribution in [0.15, 0.2) is 15.8 Å². The fraction of sp³-hybridized carbons (Fsp3) is 0.615. The smallest absolute Gasteiger partial charge is 0.394 e. The zero-order valence-corrected chi connectivity index (χ0v) is 15.3. The maximum atomic E-state index is 11.7. The Balaban J connectivity index is 0.000000597. The molecule has 1 aromatic rings. The van der Waals surface area contributed by atoms with Crippen molar-refractivity contribution in [1.82, 2.24) is 14.9 Å². The van der Waals surface area contributed by atoms with E-state index in [0.29, 0.717) is 0 Å². The highest BCUT2D eigenvalue weighted by molar-refractivity contribution is 7.46. The van der Waals surface area contributed by atoms with Crippen LogP contribution < -0.4 is 16.6 Å². The Morgan fingerprint density at radius 1 is 1.50 bits per heavy atom. The van der Waals surface area contributed by atoms with E-state index in [1.54, 1.807) is 7.05 Å². The van der Waals surface area contributed by atoms with Crippen molar-refractivity contribution >= 4 is 13.7 Å². The fourth-order valence-electron chi connectivity index (χ4n) is 2.12. The number of phosphoric acid groups is 1. The highest BCUT2D eigenvalue weighted by Crippen LogP contribution is 2.43. The van der Waals surface area contributed by atoms with Gasteiger partial charge in [-0.05, 0) is 6.92 Å². The van der Waals surface area contributed by atoms with Crippen molar-refractivity contribution in [2.45, 2.75) is 38.7 Å². The third-order valence-corrected chi connectivity index (χ3v) is 3.99. The van der Waals surface area contributed by atoms with Crippen LogP contribution in [0.1, 0.15) is 25.1 Å². The number of ether oxygens (including phenoxy) is 1. The lowest BCUT2D eigenvalue weighted by molar-refractivity contribution is -0.118. The van der Waals surface area contributed by atoms with Gasteiger partial charge >= 0.3 is 13.5 Å². The highest BCUT2D eigenvalue weighted by atomic mass is 31.2. The Hall–Kier alpha value is -1.82. The summed E-state index contributed by atoms with van der Waals surface area (Å²) in [6.45, 7) is 2.44. The molecule has 1 aliphatic heterocycles. The number of rotatable bonds is 4. The number of aromatic amines is 1. The van der Waals surface area contributed by atoms with Gasteiger partial charge in [0, 0.05) is 32.2 Å². The topological polar surface area (TPSA) is 180 Å². The van der Waals surface area contributed by atoms with Crippen molar-refractivity contribution < 1.29 is 33.5 Å². The number of aromatic nitrogens is 2. The zero-order valence-electron chi connectivity index (χ0n) is 14.4. The van der Waals surface area contributed by atoms with E-state index in [2.05, 4.69) is 14.8 Å². The SMILES string of the molecule is CNC(C)=O.Cc1cn([C@H]2C[C@H](OP(=O)(O)O)[C@@H](CO)O2)c(=O)[nH]c1=O. The van der Waals surface area contributed by atoms with Crippen molar-refractivity contribution in [3.05, 3.63) is 32.6 Å². The van der Waals surface area contributed by atoms with E-state index < -0.39 is 44.1 Å². The summed E-state index contributed by atoms with van der Waals surface area (Å²) in [5.41, 5.74) is -0.974. The number of carbonyl (C=O) groups excluding carboxylic acids is 1. The first kappa shape index (κ1) is 22.2. The van der Waals surface area contributed by atoms with Gasteiger partial charge in [0.1, 0.15) is 18.4 Å². The number of nitrogens with zero attached hydrogens (tertiary/aromatic N) is 1. The third-order valence-electron chi connectivity index (χ3n) is 3.44. The van der Waals surface area contributed by atoms with Crippen molar-refractivity contribution in [2.24, 2.45) is 0 Å². The maximum absolute atomic E-state index is 11.7. The molecule has 0 aliphatic carbocycles. The van der Waals surface area contributed by atoms with Crippen LogP contribution in [-0.4, -0.2) is 56.2 Å². The van der Waals surface area contributed by atoms with E-state index in [-0.39, 0.29) is 17.9 Å². The molecule has 148 valence electrons. The molecule has 2 heterocycles. The van der Waals surface area contributed by atoms with Gasteiger partial charge in [-0.3, -0.25) is 23.7 Å². The predicted molar refractivity (Wildman–Crippen MR) is 88.3 cm³/mol. The highest BCUT2D eigenvalue weighted by Gasteiger charge is 2.40. The van der Waals surface area contributed by atoms with E-state index in [0.717, 1.165) is 4.57 Å². The van der Waals surface area contributed by atoms with Crippen LogP contribution in [-0.2, 0) is 18.6 Å². The number of hydrogen-bond donors (Lipinski definition) is 5. The lowest BCUT2D eigenvalue weighted by Crippen LogP contribution is -2.33. The maximum Gasteiger partial charge on any atom is 0.469 e. The summed E-state index contributed by atoms with van der Waals surface area (Å²) in [5.74, 6) is 0.00463. The Morgan fingerprint density at radius 2 is 2.08 bits per heavy atom. The van der Waals surface area contributed by atoms with Crippen LogP contribution in [0.5, 0.6) is 0 Å². The van der Waals surface area contributed by atoms with Crippen LogP contribution in [0.3, 0.4) is 0 Å². The van der Waals surface area contributed by atoms with Crippen molar-refractivity contribution in [1.29, 1.82) is 0 Å². The molecule has 1 aromatic heterocycles. The van der Waals surface area contributed by atoms with E-state index in [1.165, 1.54) is 20.0 Å². The van der Waals surface area contributed by atoms with E-state index in [9.17, 15) is 18.9 Å². The number of phosphoric ester groups is 1. The first-order chi connectivity index (χ1) is 12.0. The van der Waals surface area contributed by atoms with Gasteiger partial charge in [0.05, 0.1) is 6.61 Å². The second kappa shape index (κ2) is 9.21. The van der Waals surface area contributed by atoms with Crippen LogP contribution in [0.2, 0.25) is 0 Å². The summed E-state index contributed by atoms with van der Waals surface area (Å²) >= 11 is 0. The number of hydrogen-bond acceptors (Lipinski definition) is 7. The molecular formula is C13H22N3O9P. The molecule has 1 aliphatic rings. The molecule has 0 spiro atoms. The fourth-order valence-corrected chi connectivity index (χ4v) is 2.70. The average molecular weight is 395 g/mol. The van der Waals surface area contributed by atoms with Gasteiger partial charge in [-0.2, -0.15) is 0 Å². The Bertz CT molecular complexity index is 784. The molecule has 1 saturated heterocycles. The second-order valence-electron chi connectivity index (χ2n) is 5.47. The molecule has 0 saturated carbocycles. The number of aryl methyl sites for hydroxylation is 1. The van der Waals surface area contributed by atoms with Gasteiger partial charge in [-0.25, -0.2) is 9.36 Å². The number of aliphatic hydroxyl groups excluding tert-OH is 1. The molecule has 26 heavy (non-hydrogen) atoms. The zero-order chi connectivity index (χ0) is 20.1. The summed E-state index contributed by atoms with van der Waals surface area (Å²) in [6.07, 6.45) is -1.73. The van der Waals surface area contributed by atoms with Crippen molar-refractivity contribution in [3.63, 3.8) is 0 Å².